The summed E-state index contributed by atoms with van der Waals surface area (Å²) < 4.78 is 0. The predicted octanol–water partition coefficient (Wildman–Crippen LogP) is 2.14. The summed E-state index contributed by atoms with van der Waals surface area (Å²) >= 11 is 0. The van der Waals surface area contributed by atoms with Crippen LogP contribution in [0.25, 0.3) is 0 Å². The highest BCUT2D eigenvalue weighted by atomic mass is 14.9. The van der Waals surface area contributed by atoms with Crippen LogP contribution in [0.5, 0.6) is 0 Å². The zero-order valence-corrected chi connectivity index (χ0v) is 9.97. The predicted molar refractivity (Wildman–Crippen MR) is 62.3 cm³/mol. The molecule has 0 radical (unpaired) electrons. The molecule has 1 fully saturated rings. The van der Waals surface area contributed by atoms with Gasteiger partial charge in [0.15, 0.2) is 0 Å². The van der Waals surface area contributed by atoms with Gasteiger partial charge < -0.3 is 11.1 Å². The average molecular weight is 198 g/mol. The van der Waals surface area contributed by atoms with E-state index in [1.165, 1.54) is 19.3 Å². The van der Waals surface area contributed by atoms with Crippen molar-refractivity contribution in [2.24, 2.45) is 17.1 Å². The molecule has 0 amide bonds. The van der Waals surface area contributed by atoms with Gasteiger partial charge in [0, 0.05) is 6.04 Å². The van der Waals surface area contributed by atoms with Crippen LogP contribution in [0.4, 0.5) is 0 Å². The van der Waals surface area contributed by atoms with Crippen LogP contribution in [0.2, 0.25) is 0 Å². The summed E-state index contributed by atoms with van der Waals surface area (Å²) in [4.78, 5) is 0. The smallest absolute Gasteiger partial charge is 0.00979 e. The van der Waals surface area contributed by atoms with Crippen molar-refractivity contribution in [2.45, 2.75) is 52.5 Å². The van der Waals surface area contributed by atoms with Crippen molar-refractivity contribution in [1.82, 2.24) is 5.32 Å². The molecule has 1 rings (SSSR count). The quantitative estimate of drug-likeness (QED) is 0.664. The maximum Gasteiger partial charge on any atom is 0.00979 e. The standard InChI is InChI=1S/C12H26N2/c1-10-8-12(2,3)9-11(10)14-7-5-4-6-13/h10-11,14H,4-9,13H2,1-3H3. The highest BCUT2D eigenvalue weighted by Gasteiger charge is 2.35. The van der Waals surface area contributed by atoms with E-state index in [-0.39, 0.29) is 0 Å². The summed E-state index contributed by atoms with van der Waals surface area (Å²) in [6, 6.07) is 0.739. The number of rotatable bonds is 5. The summed E-state index contributed by atoms with van der Waals surface area (Å²) in [5.74, 6) is 0.836. The molecule has 0 aromatic heterocycles. The van der Waals surface area contributed by atoms with Crippen molar-refractivity contribution in [3.63, 3.8) is 0 Å². The molecule has 0 spiro atoms. The van der Waals surface area contributed by atoms with E-state index < -0.39 is 0 Å². The monoisotopic (exact) mass is 198 g/mol. The van der Waals surface area contributed by atoms with Gasteiger partial charge in [-0.1, -0.05) is 20.8 Å². The van der Waals surface area contributed by atoms with E-state index in [1.807, 2.05) is 0 Å². The van der Waals surface area contributed by atoms with E-state index in [1.54, 1.807) is 0 Å². The van der Waals surface area contributed by atoms with Gasteiger partial charge in [0.1, 0.15) is 0 Å². The first-order valence-corrected chi connectivity index (χ1v) is 5.98. The maximum atomic E-state index is 5.47. The maximum absolute atomic E-state index is 5.47. The lowest BCUT2D eigenvalue weighted by Crippen LogP contribution is -2.32. The van der Waals surface area contributed by atoms with Crippen LogP contribution in [-0.4, -0.2) is 19.1 Å². The molecule has 2 heteroatoms. The summed E-state index contributed by atoms with van der Waals surface area (Å²) in [6.07, 6.45) is 5.07. The molecule has 84 valence electrons. The van der Waals surface area contributed by atoms with E-state index >= 15 is 0 Å². The second-order valence-corrected chi connectivity index (χ2v) is 5.61. The Morgan fingerprint density at radius 1 is 1.29 bits per heavy atom. The summed E-state index contributed by atoms with van der Waals surface area (Å²) in [7, 11) is 0. The van der Waals surface area contributed by atoms with Crippen molar-refractivity contribution in [3.05, 3.63) is 0 Å². The minimum Gasteiger partial charge on any atom is -0.330 e. The fourth-order valence-electron chi connectivity index (χ4n) is 2.72. The van der Waals surface area contributed by atoms with E-state index in [0.717, 1.165) is 31.5 Å². The molecule has 0 heterocycles. The summed E-state index contributed by atoms with van der Waals surface area (Å²) in [5.41, 5.74) is 6.01. The van der Waals surface area contributed by atoms with Crippen molar-refractivity contribution in [2.75, 3.05) is 13.1 Å². The molecule has 0 bridgehead atoms. The molecule has 2 atom stereocenters. The fraction of sp³-hybridized carbons (Fsp3) is 1.00. The molecule has 2 nitrogen and oxygen atoms in total. The average Bonchev–Trinajstić information content (AvgIpc) is 2.34. The third-order valence-corrected chi connectivity index (χ3v) is 3.37. The Balaban J connectivity index is 2.19. The van der Waals surface area contributed by atoms with Crippen LogP contribution in [0, 0.1) is 11.3 Å². The van der Waals surface area contributed by atoms with Gasteiger partial charge in [-0.2, -0.15) is 0 Å². The minimum atomic E-state index is 0.547. The van der Waals surface area contributed by atoms with Gasteiger partial charge in [-0.15, -0.1) is 0 Å². The van der Waals surface area contributed by atoms with E-state index in [4.69, 9.17) is 5.73 Å². The van der Waals surface area contributed by atoms with E-state index in [0.29, 0.717) is 5.41 Å². The third kappa shape index (κ3) is 3.58. The zero-order valence-electron chi connectivity index (χ0n) is 9.97. The fourth-order valence-corrected chi connectivity index (χ4v) is 2.72. The Labute approximate surface area is 88.6 Å². The van der Waals surface area contributed by atoms with Crippen LogP contribution in [0.15, 0.2) is 0 Å². The minimum absolute atomic E-state index is 0.547. The Morgan fingerprint density at radius 2 is 2.00 bits per heavy atom. The number of unbranched alkanes of at least 4 members (excludes halogenated alkanes) is 1. The largest absolute Gasteiger partial charge is 0.330 e. The van der Waals surface area contributed by atoms with Crippen LogP contribution in [0.1, 0.15) is 46.5 Å². The van der Waals surface area contributed by atoms with Crippen LogP contribution < -0.4 is 11.1 Å². The van der Waals surface area contributed by atoms with Gasteiger partial charge in [-0.05, 0) is 50.1 Å². The second kappa shape index (κ2) is 5.13. The van der Waals surface area contributed by atoms with Crippen molar-refractivity contribution in [3.8, 4) is 0 Å². The Kier molecular flexibility index (Phi) is 4.39. The molecular weight excluding hydrogens is 172 g/mol. The van der Waals surface area contributed by atoms with E-state index in [2.05, 4.69) is 26.1 Å². The number of nitrogens with two attached hydrogens (primary N) is 1. The molecule has 1 aliphatic rings. The number of nitrogens with one attached hydrogen (secondary N) is 1. The van der Waals surface area contributed by atoms with Gasteiger partial charge in [-0.3, -0.25) is 0 Å². The normalized spacial score (nSPS) is 30.9. The van der Waals surface area contributed by atoms with Crippen LogP contribution in [0.3, 0.4) is 0 Å². The molecule has 0 aromatic carbocycles. The first-order valence-electron chi connectivity index (χ1n) is 5.98. The molecule has 1 aliphatic carbocycles. The molecular formula is C12H26N2. The van der Waals surface area contributed by atoms with Gasteiger partial charge in [0.05, 0.1) is 0 Å². The molecule has 14 heavy (non-hydrogen) atoms. The Bertz CT molecular complexity index is 166. The molecule has 0 aromatic rings. The second-order valence-electron chi connectivity index (χ2n) is 5.61. The first kappa shape index (κ1) is 12.0. The van der Waals surface area contributed by atoms with Crippen LogP contribution >= 0.6 is 0 Å². The topological polar surface area (TPSA) is 38.0 Å². The molecule has 2 unspecified atom stereocenters. The van der Waals surface area contributed by atoms with Gasteiger partial charge in [0.25, 0.3) is 0 Å². The van der Waals surface area contributed by atoms with Crippen LogP contribution in [-0.2, 0) is 0 Å². The molecule has 3 N–H and O–H groups in total. The van der Waals surface area contributed by atoms with E-state index in [9.17, 15) is 0 Å². The van der Waals surface area contributed by atoms with Crippen molar-refractivity contribution < 1.29 is 0 Å². The zero-order chi connectivity index (χ0) is 10.6. The number of hydrogen-bond acceptors (Lipinski definition) is 2. The molecule has 0 saturated heterocycles. The highest BCUT2D eigenvalue weighted by molar-refractivity contribution is 4.90. The van der Waals surface area contributed by atoms with Gasteiger partial charge >= 0.3 is 0 Å². The lowest BCUT2D eigenvalue weighted by Gasteiger charge is -2.18. The molecule has 1 saturated carbocycles. The van der Waals surface area contributed by atoms with Crippen molar-refractivity contribution >= 4 is 0 Å². The Morgan fingerprint density at radius 3 is 2.50 bits per heavy atom. The highest BCUT2D eigenvalue weighted by Crippen LogP contribution is 2.40. The summed E-state index contributed by atoms with van der Waals surface area (Å²) in [5, 5.41) is 3.67. The Hall–Kier alpha value is -0.0800. The number of hydrogen-bond donors (Lipinski definition) is 2. The lowest BCUT2D eigenvalue weighted by atomic mass is 9.91. The lowest BCUT2D eigenvalue weighted by molar-refractivity contribution is 0.362. The van der Waals surface area contributed by atoms with Crippen molar-refractivity contribution in [1.29, 1.82) is 0 Å². The van der Waals surface area contributed by atoms with Gasteiger partial charge in [0.2, 0.25) is 0 Å². The third-order valence-electron chi connectivity index (χ3n) is 3.37. The summed E-state index contributed by atoms with van der Waals surface area (Å²) in [6.45, 7) is 9.10. The SMILES string of the molecule is CC1CC(C)(C)CC1NCCCCN. The first-order chi connectivity index (χ1) is 6.55. The van der Waals surface area contributed by atoms with Gasteiger partial charge in [-0.25, -0.2) is 0 Å². The molecule has 0 aliphatic heterocycles.